The Morgan fingerprint density at radius 3 is 2.00 bits per heavy atom. The number of thiophene rings is 1. The molecule has 352 valence electrons. The van der Waals surface area contributed by atoms with Crippen molar-refractivity contribution in [2.45, 2.75) is 104 Å². The number of carbonyl (C=O) groups is 6. The number of alkyl halides is 2. The average molecular weight is 943 g/mol. The number of amides is 4. The molecule has 0 radical (unpaired) electrons. The maximum Gasteiger partial charge on any atom is 0.410 e. The highest BCUT2D eigenvalue weighted by Gasteiger charge is 2.56. The third-order valence-corrected chi connectivity index (χ3v) is 15.4. The molecule has 15 nitrogen and oxygen atoms in total. The lowest BCUT2D eigenvalue weighted by Gasteiger charge is -2.39. The fraction of sp³-hybridized carbons (Fsp3) is 0.565. The highest BCUT2D eigenvalue weighted by atomic mass is 32.1. The molecule has 3 aromatic rings. The van der Waals surface area contributed by atoms with Crippen LogP contribution in [0.25, 0.3) is 10.1 Å². The van der Waals surface area contributed by atoms with Gasteiger partial charge in [-0.1, -0.05) is 36.4 Å². The van der Waals surface area contributed by atoms with Crippen molar-refractivity contribution in [2.75, 3.05) is 39.8 Å². The number of carbonyl (C=O) groups excluding carboxylic acids is 6. The van der Waals surface area contributed by atoms with E-state index < -0.39 is 73.2 Å². The minimum Gasteiger partial charge on any atom is -0.438 e. The van der Waals surface area contributed by atoms with Gasteiger partial charge in [0, 0.05) is 42.5 Å². The minimum atomic E-state index is -5.59. The molecule has 0 bridgehead atoms. The van der Waals surface area contributed by atoms with Crippen molar-refractivity contribution in [3.05, 3.63) is 70.6 Å². The van der Waals surface area contributed by atoms with Crippen molar-refractivity contribution in [2.24, 2.45) is 22.7 Å². The van der Waals surface area contributed by atoms with E-state index in [2.05, 4.69) is 5.32 Å². The molecule has 5 atom stereocenters. The third-order valence-electron chi connectivity index (χ3n) is 12.5. The Kier molecular flexibility index (Phi) is 14.0. The van der Waals surface area contributed by atoms with Crippen molar-refractivity contribution in [3.8, 4) is 0 Å². The molecular weight excluding hydrogens is 886 g/mol. The summed E-state index contributed by atoms with van der Waals surface area (Å²) < 4.78 is 66.9. The predicted molar refractivity (Wildman–Crippen MR) is 235 cm³/mol. The summed E-state index contributed by atoms with van der Waals surface area (Å²) in [5, 5.41) is 3.11. The van der Waals surface area contributed by atoms with Crippen LogP contribution in [0, 0.1) is 22.7 Å². The highest BCUT2D eigenvalue weighted by molar-refractivity contribution is 7.54. The summed E-state index contributed by atoms with van der Waals surface area (Å²) in [6, 6.07) is 12.5. The monoisotopic (exact) mass is 942 g/mol. The van der Waals surface area contributed by atoms with E-state index in [0.29, 0.717) is 56.1 Å². The molecule has 19 heteroatoms. The number of hydrogen-bond acceptors (Lipinski definition) is 12. The maximum atomic E-state index is 16.4. The topological polar surface area (TPSA) is 178 Å². The molecule has 4 heterocycles. The van der Waals surface area contributed by atoms with Crippen LogP contribution in [0.1, 0.15) is 94.4 Å². The van der Waals surface area contributed by atoms with E-state index in [-0.39, 0.29) is 46.4 Å². The SMILES string of the molecule is CC(C)(C)C(=O)OCOP(=O)(OCOC(=O)C(C)(C)C)C(F)(F)c1ccc2sc(C(=O)N[C@H]3C[C@@H]4C[C@@H]4C[C@H]4CC[C@@H](C(=O)N5CCN(C(=O)Cc6ccccc6)CC5)N4C3=O)cc2c1. The van der Waals surface area contributed by atoms with Crippen LogP contribution in [0.4, 0.5) is 8.78 Å². The lowest BCUT2D eigenvalue weighted by Crippen LogP contribution is -2.59. The molecule has 3 aliphatic heterocycles. The van der Waals surface area contributed by atoms with Gasteiger partial charge in [-0.3, -0.25) is 42.4 Å². The molecule has 4 aliphatic rings. The number of halogens is 2. The summed E-state index contributed by atoms with van der Waals surface area (Å²) in [4.78, 5) is 85.5. The number of ether oxygens (including phenoxy) is 2. The van der Waals surface area contributed by atoms with Crippen LogP contribution in [0.15, 0.2) is 54.6 Å². The first kappa shape index (κ1) is 48.2. The van der Waals surface area contributed by atoms with Crippen LogP contribution in [0.5, 0.6) is 0 Å². The summed E-state index contributed by atoms with van der Waals surface area (Å²) >= 11 is 1.01. The molecule has 1 N–H and O–H groups in total. The van der Waals surface area contributed by atoms with Crippen LogP contribution >= 0.6 is 18.9 Å². The molecule has 1 aromatic heterocycles. The Balaban J connectivity index is 1.03. The molecule has 0 unspecified atom stereocenters. The second-order valence-electron chi connectivity index (χ2n) is 19.4. The zero-order chi connectivity index (χ0) is 47.1. The van der Waals surface area contributed by atoms with E-state index in [1.54, 1.807) is 14.7 Å². The third kappa shape index (κ3) is 10.8. The van der Waals surface area contributed by atoms with Crippen molar-refractivity contribution < 1.29 is 60.6 Å². The summed E-state index contributed by atoms with van der Waals surface area (Å²) in [5.74, 6) is -2.12. The van der Waals surface area contributed by atoms with Crippen molar-refractivity contribution in [1.29, 1.82) is 0 Å². The van der Waals surface area contributed by atoms with Crippen molar-refractivity contribution in [3.63, 3.8) is 0 Å². The van der Waals surface area contributed by atoms with Gasteiger partial charge in [-0.15, -0.1) is 11.3 Å². The number of benzene rings is 2. The lowest BCUT2D eigenvalue weighted by atomic mass is 9.98. The molecule has 3 saturated heterocycles. The van der Waals surface area contributed by atoms with Gasteiger partial charge in [-0.25, -0.2) is 0 Å². The molecule has 4 amide bonds. The molecule has 1 saturated carbocycles. The highest BCUT2D eigenvalue weighted by Crippen LogP contribution is 2.67. The van der Waals surface area contributed by atoms with Gasteiger partial charge in [0.15, 0.2) is 0 Å². The summed E-state index contributed by atoms with van der Waals surface area (Å²) in [5.41, 5.74) is -6.32. The van der Waals surface area contributed by atoms with E-state index >= 15 is 8.78 Å². The summed E-state index contributed by atoms with van der Waals surface area (Å²) in [6.45, 7) is 8.35. The largest absolute Gasteiger partial charge is 0.438 e. The molecule has 4 fully saturated rings. The van der Waals surface area contributed by atoms with Crippen LogP contribution in [0.2, 0.25) is 0 Å². The second kappa shape index (κ2) is 18.8. The summed E-state index contributed by atoms with van der Waals surface area (Å²) in [7, 11) is -5.59. The van der Waals surface area contributed by atoms with E-state index in [0.717, 1.165) is 41.9 Å². The van der Waals surface area contributed by atoms with E-state index in [1.807, 2.05) is 30.3 Å². The van der Waals surface area contributed by atoms with Crippen LogP contribution < -0.4 is 5.32 Å². The molecule has 0 spiro atoms. The fourth-order valence-corrected chi connectivity index (χ4v) is 10.7. The van der Waals surface area contributed by atoms with Gasteiger partial charge < -0.3 is 29.5 Å². The lowest BCUT2D eigenvalue weighted by molar-refractivity contribution is -0.163. The van der Waals surface area contributed by atoms with Crippen LogP contribution in [-0.2, 0) is 59.1 Å². The number of piperazine rings is 1. The fourth-order valence-electron chi connectivity index (χ4n) is 8.56. The standard InChI is InChI=1S/C46H57F2N4O11PS/c1-44(2,3)42(57)60-26-62-64(59,63-27-61-43(58)45(4,5)6)46(47,48)32-12-15-36-31(22-32)25-37(65-36)39(54)49-34-24-30-21-29(30)23-33-13-14-35(52(33)40(34)55)41(56)51-18-16-50(17-19-51)38(53)20-28-10-8-7-9-11-28/h7-12,15,22,25,29-30,33-35H,13-14,16-21,23-24,26-27H2,1-6H3,(H,49,54)/t29-,30+,33-,34+,35+/m1/s1. The van der Waals surface area contributed by atoms with Crippen LogP contribution in [-0.4, -0.2) is 108 Å². The average Bonchev–Trinajstić information content (AvgIpc) is 3.60. The Bertz CT molecular complexity index is 2320. The van der Waals surface area contributed by atoms with Crippen LogP contribution in [0.3, 0.4) is 0 Å². The predicted octanol–water partition coefficient (Wildman–Crippen LogP) is 7.07. The Hall–Kier alpha value is -4.77. The normalized spacial score (nSPS) is 22.7. The number of fused-ring (bicyclic) bond motifs is 3. The van der Waals surface area contributed by atoms with Gasteiger partial charge >= 0.3 is 25.2 Å². The number of nitrogens with zero attached hydrogens (tertiary/aromatic N) is 3. The molecule has 7 rings (SSSR count). The maximum absolute atomic E-state index is 16.4. The minimum absolute atomic E-state index is 0.00635. The zero-order valence-electron chi connectivity index (χ0n) is 37.5. The van der Waals surface area contributed by atoms with Crippen molar-refractivity contribution >= 4 is 64.6 Å². The molecular formula is C46H57F2N4O11PS. The van der Waals surface area contributed by atoms with Gasteiger partial charge in [-0.2, -0.15) is 8.78 Å². The number of rotatable bonds is 13. The first-order valence-corrected chi connectivity index (χ1v) is 24.3. The van der Waals surface area contributed by atoms with E-state index in [4.69, 9.17) is 18.5 Å². The first-order valence-electron chi connectivity index (χ1n) is 21.9. The Morgan fingerprint density at radius 1 is 0.785 bits per heavy atom. The van der Waals surface area contributed by atoms with E-state index in [1.165, 1.54) is 53.7 Å². The van der Waals surface area contributed by atoms with Crippen molar-refractivity contribution in [1.82, 2.24) is 20.0 Å². The van der Waals surface area contributed by atoms with Gasteiger partial charge in [0.05, 0.1) is 22.1 Å². The molecule has 65 heavy (non-hydrogen) atoms. The van der Waals surface area contributed by atoms with Gasteiger partial charge in [-0.05, 0) is 115 Å². The van der Waals surface area contributed by atoms with Gasteiger partial charge in [0.1, 0.15) is 12.1 Å². The summed E-state index contributed by atoms with van der Waals surface area (Å²) in [6.07, 6.45) is 3.54. The second-order valence-corrected chi connectivity index (χ2v) is 22.5. The quantitative estimate of drug-likeness (QED) is 0.105. The van der Waals surface area contributed by atoms with E-state index in [9.17, 15) is 33.3 Å². The smallest absolute Gasteiger partial charge is 0.410 e. The number of nitrogens with one attached hydrogen (secondary N) is 1. The molecule has 2 aromatic carbocycles. The number of hydrogen-bond donors (Lipinski definition) is 1. The number of esters is 2. The Labute approximate surface area is 381 Å². The zero-order valence-corrected chi connectivity index (χ0v) is 39.2. The molecule has 1 aliphatic carbocycles. The van der Waals surface area contributed by atoms with Gasteiger partial charge in [0.2, 0.25) is 31.3 Å². The Morgan fingerprint density at radius 2 is 1.38 bits per heavy atom. The van der Waals surface area contributed by atoms with Gasteiger partial charge in [0.25, 0.3) is 5.91 Å². The first-order chi connectivity index (χ1) is 30.6.